The summed E-state index contributed by atoms with van der Waals surface area (Å²) in [5.41, 5.74) is 0.488. The van der Waals surface area contributed by atoms with E-state index in [2.05, 4.69) is 10.3 Å². The smallest absolute Gasteiger partial charge is 0.276 e. The van der Waals surface area contributed by atoms with Gasteiger partial charge in [-0.15, -0.1) is 11.3 Å². The largest absolute Gasteiger partial charge is 0.323 e. The second kappa shape index (κ2) is 8.55. The molecular formula is C20H12ClF2N3O2S2. The van der Waals surface area contributed by atoms with Crippen molar-refractivity contribution in [3.63, 3.8) is 0 Å². The van der Waals surface area contributed by atoms with Gasteiger partial charge in [0.25, 0.3) is 5.56 Å². The zero-order chi connectivity index (χ0) is 21.3. The Kier molecular flexibility index (Phi) is 5.85. The maximum atomic E-state index is 13.8. The van der Waals surface area contributed by atoms with Gasteiger partial charge in [-0.1, -0.05) is 29.4 Å². The van der Waals surface area contributed by atoms with Crippen LogP contribution in [-0.2, 0) is 4.79 Å². The van der Waals surface area contributed by atoms with Gasteiger partial charge < -0.3 is 5.32 Å². The van der Waals surface area contributed by atoms with E-state index in [9.17, 15) is 18.4 Å². The lowest BCUT2D eigenvalue weighted by atomic mass is 10.3. The summed E-state index contributed by atoms with van der Waals surface area (Å²) in [7, 11) is 0. The van der Waals surface area contributed by atoms with Gasteiger partial charge in [-0.25, -0.2) is 13.8 Å². The summed E-state index contributed by atoms with van der Waals surface area (Å²) in [6.07, 6.45) is 0. The first-order valence-electron chi connectivity index (χ1n) is 8.56. The molecule has 152 valence electrons. The van der Waals surface area contributed by atoms with Crippen molar-refractivity contribution in [3.05, 3.63) is 80.9 Å². The number of amides is 1. The third-order valence-electron chi connectivity index (χ3n) is 4.05. The van der Waals surface area contributed by atoms with Crippen LogP contribution in [0, 0.1) is 11.6 Å². The van der Waals surface area contributed by atoms with Gasteiger partial charge in [0, 0.05) is 11.1 Å². The van der Waals surface area contributed by atoms with Crippen molar-refractivity contribution < 1.29 is 13.6 Å². The maximum Gasteiger partial charge on any atom is 0.276 e. The van der Waals surface area contributed by atoms with E-state index < -0.39 is 17.5 Å². The van der Waals surface area contributed by atoms with Gasteiger partial charge in [0.2, 0.25) is 5.91 Å². The molecule has 30 heavy (non-hydrogen) atoms. The topological polar surface area (TPSA) is 64.0 Å². The van der Waals surface area contributed by atoms with Gasteiger partial charge in [-0.2, -0.15) is 0 Å². The molecule has 0 aliphatic carbocycles. The molecule has 2 aromatic heterocycles. The second-order valence-corrected chi connectivity index (χ2v) is 8.41. The normalized spacial score (nSPS) is 11.0. The average Bonchev–Trinajstić information content (AvgIpc) is 3.18. The molecular weight excluding hydrogens is 452 g/mol. The van der Waals surface area contributed by atoms with Crippen molar-refractivity contribution in [1.82, 2.24) is 9.55 Å². The van der Waals surface area contributed by atoms with Crippen LogP contribution in [0.4, 0.5) is 14.5 Å². The molecule has 4 aromatic rings. The number of nitrogens with zero attached hydrogens (tertiary/aromatic N) is 2. The lowest BCUT2D eigenvalue weighted by Crippen LogP contribution is -2.22. The fraction of sp³-hybridized carbons (Fsp3) is 0.0500. The molecule has 1 amide bonds. The van der Waals surface area contributed by atoms with Crippen LogP contribution in [0.2, 0.25) is 5.02 Å². The lowest BCUT2D eigenvalue weighted by molar-refractivity contribution is -0.113. The molecule has 0 aliphatic rings. The number of fused-ring (bicyclic) bond motifs is 1. The number of thiophene rings is 1. The number of thioether (sulfide) groups is 1. The first-order chi connectivity index (χ1) is 14.4. The molecule has 0 fully saturated rings. The zero-order valence-electron chi connectivity index (χ0n) is 15.1. The van der Waals surface area contributed by atoms with Gasteiger partial charge >= 0.3 is 0 Å². The zero-order valence-corrected chi connectivity index (χ0v) is 17.5. The Bertz CT molecular complexity index is 1320. The maximum absolute atomic E-state index is 13.8. The third-order valence-corrected chi connectivity index (χ3v) is 6.12. The molecule has 0 aliphatic heterocycles. The second-order valence-electron chi connectivity index (χ2n) is 6.11. The number of benzene rings is 2. The van der Waals surface area contributed by atoms with Crippen LogP contribution in [-0.4, -0.2) is 21.2 Å². The minimum Gasteiger partial charge on any atom is -0.323 e. The first kappa shape index (κ1) is 20.5. The molecule has 0 saturated carbocycles. The van der Waals surface area contributed by atoms with Crippen LogP contribution >= 0.6 is 34.7 Å². The molecule has 0 radical (unpaired) electrons. The minimum atomic E-state index is -0.747. The van der Waals surface area contributed by atoms with Crippen molar-refractivity contribution in [2.45, 2.75) is 5.16 Å². The fourth-order valence-corrected chi connectivity index (χ4v) is 4.50. The summed E-state index contributed by atoms with van der Waals surface area (Å²) in [6.45, 7) is 0. The summed E-state index contributed by atoms with van der Waals surface area (Å²) in [4.78, 5) is 29.8. The number of aromatic nitrogens is 2. The molecule has 0 unspecified atom stereocenters. The van der Waals surface area contributed by atoms with E-state index >= 15 is 0 Å². The number of anilines is 1. The Hall–Kier alpha value is -2.75. The van der Waals surface area contributed by atoms with E-state index in [0.717, 1.165) is 30.0 Å². The van der Waals surface area contributed by atoms with Crippen molar-refractivity contribution in [3.8, 4) is 5.69 Å². The molecule has 10 heteroatoms. The number of carbonyl (C=O) groups is 1. The third kappa shape index (κ3) is 4.23. The predicted octanol–water partition coefficient (Wildman–Crippen LogP) is 5.11. The Morgan fingerprint density at radius 1 is 1.20 bits per heavy atom. The van der Waals surface area contributed by atoms with Gasteiger partial charge in [-0.05, 0) is 41.8 Å². The van der Waals surface area contributed by atoms with Crippen molar-refractivity contribution in [1.29, 1.82) is 0 Å². The highest BCUT2D eigenvalue weighted by molar-refractivity contribution is 7.99. The van der Waals surface area contributed by atoms with Crippen LogP contribution in [0.1, 0.15) is 0 Å². The van der Waals surface area contributed by atoms with Crippen molar-refractivity contribution >= 4 is 56.5 Å². The summed E-state index contributed by atoms with van der Waals surface area (Å²) in [5, 5.41) is 4.81. The molecule has 2 heterocycles. The first-order valence-corrected chi connectivity index (χ1v) is 10.8. The number of rotatable bonds is 5. The molecule has 0 saturated heterocycles. The minimum absolute atomic E-state index is 0.168. The van der Waals surface area contributed by atoms with E-state index in [0.29, 0.717) is 20.9 Å². The Morgan fingerprint density at radius 2 is 2.03 bits per heavy atom. The number of hydrogen-bond donors (Lipinski definition) is 1. The summed E-state index contributed by atoms with van der Waals surface area (Å²) in [6, 6.07) is 11.2. The molecule has 0 bridgehead atoms. The van der Waals surface area contributed by atoms with Crippen LogP contribution < -0.4 is 10.9 Å². The average molecular weight is 464 g/mol. The fourth-order valence-electron chi connectivity index (χ4n) is 2.74. The molecule has 2 aromatic carbocycles. The quantitative estimate of drug-likeness (QED) is 0.330. The number of hydrogen-bond acceptors (Lipinski definition) is 5. The highest BCUT2D eigenvalue weighted by Crippen LogP contribution is 2.25. The predicted molar refractivity (Wildman–Crippen MR) is 116 cm³/mol. The van der Waals surface area contributed by atoms with Crippen molar-refractivity contribution in [2.75, 3.05) is 11.1 Å². The molecule has 4 rings (SSSR count). The monoisotopic (exact) mass is 463 g/mol. The lowest BCUT2D eigenvalue weighted by Gasteiger charge is -2.12. The van der Waals surface area contributed by atoms with Crippen LogP contribution in [0.3, 0.4) is 0 Å². The molecule has 5 nitrogen and oxygen atoms in total. The number of nitrogens with one attached hydrogen (secondary N) is 1. The van der Waals surface area contributed by atoms with Gasteiger partial charge in [0.15, 0.2) is 5.16 Å². The van der Waals surface area contributed by atoms with E-state index in [-0.39, 0.29) is 22.2 Å². The SMILES string of the molecule is O=C(CSc1nc2ccsc2c(=O)n1-c1cccc(Cl)c1)Nc1cc(F)ccc1F. The Morgan fingerprint density at radius 3 is 2.83 bits per heavy atom. The Balaban J connectivity index is 1.65. The highest BCUT2D eigenvalue weighted by Gasteiger charge is 2.16. The van der Waals surface area contributed by atoms with E-state index in [1.54, 1.807) is 35.7 Å². The molecule has 0 spiro atoms. The van der Waals surface area contributed by atoms with E-state index in [1.165, 1.54) is 15.9 Å². The van der Waals surface area contributed by atoms with Gasteiger partial charge in [0.1, 0.15) is 16.3 Å². The van der Waals surface area contributed by atoms with Crippen LogP contribution in [0.5, 0.6) is 0 Å². The summed E-state index contributed by atoms with van der Waals surface area (Å²) >= 11 is 8.34. The highest BCUT2D eigenvalue weighted by atomic mass is 35.5. The Labute approximate surface area is 182 Å². The summed E-state index contributed by atoms with van der Waals surface area (Å²) in [5.74, 6) is -2.15. The van der Waals surface area contributed by atoms with Gasteiger partial charge in [0.05, 0.1) is 22.6 Å². The van der Waals surface area contributed by atoms with E-state index in [4.69, 9.17) is 11.6 Å². The van der Waals surface area contributed by atoms with Gasteiger partial charge in [-0.3, -0.25) is 14.2 Å². The molecule has 1 N–H and O–H groups in total. The number of halogens is 3. The standard InChI is InChI=1S/C20H12ClF2N3O2S2/c21-11-2-1-3-13(8-11)26-19(28)18-15(6-7-29-18)25-20(26)30-10-17(27)24-16-9-12(22)4-5-14(16)23/h1-9H,10H2,(H,24,27). The van der Waals surface area contributed by atoms with Crippen LogP contribution in [0.15, 0.2) is 63.9 Å². The number of carbonyl (C=O) groups excluding carboxylic acids is 1. The summed E-state index contributed by atoms with van der Waals surface area (Å²) < 4.78 is 28.9. The van der Waals surface area contributed by atoms with Crippen molar-refractivity contribution in [2.24, 2.45) is 0 Å². The van der Waals surface area contributed by atoms with Crippen LogP contribution in [0.25, 0.3) is 15.9 Å². The van der Waals surface area contributed by atoms with E-state index in [1.807, 2.05) is 0 Å². The molecule has 0 atom stereocenters.